The summed E-state index contributed by atoms with van der Waals surface area (Å²) in [5.74, 6) is -0.707. The van der Waals surface area contributed by atoms with E-state index >= 15 is 0 Å². The number of rotatable bonds is 6. The molecule has 31 heavy (non-hydrogen) atoms. The molecule has 0 N–H and O–H groups in total. The standard InChI is InChI=1S/C24H25FN2O3S/c1-17-9-13-21(14-10-17)31(29,30)27(4)23-15-19(12-11-18(23)2)24(28)26(3)16-20-7-5-6-8-22(20)25/h5-15H,16H2,1-4H3. The molecule has 0 spiro atoms. The van der Waals surface area contributed by atoms with E-state index in [1.807, 2.05) is 6.92 Å². The highest BCUT2D eigenvalue weighted by Gasteiger charge is 2.24. The van der Waals surface area contributed by atoms with Crippen LogP contribution in [0.1, 0.15) is 27.0 Å². The van der Waals surface area contributed by atoms with Crippen LogP contribution in [0, 0.1) is 19.7 Å². The van der Waals surface area contributed by atoms with E-state index in [2.05, 4.69) is 0 Å². The first-order valence-corrected chi connectivity index (χ1v) is 11.2. The van der Waals surface area contributed by atoms with Gasteiger partial charge in [0.25, 0.3) is 15.9 Å². The molecule has 0 radical (unpaired) electrons. The largest absolute Gasteiger partial charge is 0.337 e. The van der Waals surface area contributed by atoms with Crippen molar-refractivity contribution in [3.63, 3.8) is 0 Å². The Kier molecular flexibility index (Phi) is 6.45. The van der Waals surface area contributed by atoms with E-state index in [0.29, 0.717) is 22.4 Å². The summed E-state index contributed by atoms with van der Waals surface area (Å²) >= 11 is 0. The predicted molar refractivity (Wildman–Crippen MR) is 120 cm³/mol. The maximum absolute atomic E-state index is 13.9. The summed E-state index contributed by atoms with van der Waals surface area (Å²) in [6, 6.07) is 17.8. The second kappa shape index (κ2) is 8.89. The molecule has 7 heteroatoms. The lowest BCUT2D eigenvalue weighted by atomic mass is 10.1. The lowest BCUT2D eigenvalue weighted by Crippen LogP contribution is -2.29. The summed E-state index contributed by atoms with van der Waals surface area (Å²) in [6.45, 7) is 3.77. The number of benzene rings is 3. The van der Waals surface area contributed by atoms with E-state index in [-0.39, 0.29) is 23.2 Å². The molecule has 0 saturated heterocycles. The van der Waals surface area contributed by atoms with Crippen molar-refractivity contribution >= 4 is 21.6 Å². The highest BCUT2D eigenvalue weighted by atomic mass is 32.2. The van der Waals surface area contributed by atoms with Gasteiger partial charge in [-0.1, -0.05) is 42.0 Å². The lowest BCUT2D eigenvalue weighted by Gasteiger charge is -2.23. The highest BCUT2D eigenvalue weighted by Crippen LogP contribution is 2.27. The molecule has 1 amide bonds. The Labute approximate surface area is 182 Å². The molecule has 0 fully saturated rings. The minimum absolute atomic E-state index is 0.103. The van der Waals surface area contributed by atoms with Gasteiger partial charge in [0, 0.05) is 31.8 Å². The van der Waals surface area contributed by atoms with Crippen LogP contribution in [0.4, 0.5) is 10.1 Å². The summed E-state index contributed by atoms with van der Waals surface area (Å²) in [6.07, 6.45) is 0. The van der Waals surface area contributed by atoms with Crippen LogP contribution < -0.4 is 4.31 Å². The molecule has 0 saturated carbocycles. The van der Waals surface area contributed by atoms with Gasteiger partial charge in [-0.05, 0) is 49.7 Å². The Balaban J connectivity index is 1.89. The fourth-order valence-electron chi connectivity index (χ4n) is 3.25. The summed E-state index contributed by atoms with van der Waals surface area (Å²) < 4.78 is 41.3. The van der Waals surface area contributed by atoms with Crippen LogP contribution >= 0.6 is 0 Å². The fraction of sp³-hybridized carbons (Fsp3) is 0.208. The Morgan fingerprint density at radius 2 is 1.58 bits per heavy atom. The van der Waals surface area contributed by atoms with Gasteiger partial charge in [-0.25, -0.2) is 12.8 Å². The number of aryl methyl sites for hydroxylation is 2. The van der Waals surface area contributed by atoms with E-state index in [0.717, 1.165) is 5.56 Å². The van der Waals surface area contributed by atoms with Gasteiger partial charge in [-0.3, -0.25) is 9.10 Å². The van der Waals surface area contributed by atoms with Crippen LogP contribution in [-0.4, -0.2) is 33.3 Å². The Hall–Kier alpha value is -3.19. The zero-order chi connectivity index (χ0) is 22.8. The van der Waals surface area contributed by atoms with Gasteiger partial charge >= 0.3 is 0 Å². The van der Waals surface area contributed by atoms with Crippen molar-refractivity contribution in [3.05, 3.63) is 94.8 Å². The minimum atomic E-state index is -3.79. The number of anilines is 1. The van der Waals surface area contributed by atoms with E-state index < -0.39 is 10.0 Å². The van der Waals surface area contributed by atoms with Crippen LogP contribution in [0.15, 0.2) is 71.6 Å². The van der Waals surface area contributed by atoms with Crippen LogP contribution in [0.3, 0.4) is 0 Å². The minimum Gasteiger partial charge on any atom is -0.337 e. The SMILES string of the molecule is Cc1ccc(S(=O)(=O)N(C)c2cc(C(=O)N(C)Cc3ccccc3F)ccc2C)cc1. The van der Waals surface area contributed by atoms with E-state index in [1.165, 1.54) is 22.3 Å². The van der Waals surface area contributed by atoms with Crippen LogP contribution in [0.25, 0.3) is 0 Å². The molecule has 3 rings (SSSR count). The molecule has 0 unspecified atom stereocenters. The third kappa shape index (κ3) is 4.77. The topological polar surface area (TPSA) is 57.7 Å². The average Bonchev–Trinajstić information content (AvgIpc) is 2.75. The number of carbonyl (C=O) groups is 1. The number of halogens is 1. The molecule has 0 atom stereocenters. The smallest absolute Gasteiger partial charge is 0.264 e. The van der Waals surface area contributed by atoms with E-state index in [4.69, 9.17) is 0 Å². The lowest BCUT2D eigenvalue weighted by molar-refractivity contribution is 0.0784. The first kappa shape index (κ1) is 22.5. The molecule has 0 aliphatic rings. The molecule has 162 valence electrons. The predicted octanol–water partition coefficient (Wildman–Crippen LogP) is 4.54. The van der Waals surface area contributed by atoms with Crippen molar-refractivity contribution in [2.24, 2.45) is 0 Å². The van der Waals surface area contributed by atoms with Crippen LogP contribution in [-0.2, 0) is 16.6 Å². The average molecular weight is 441 g/mol. The number of amides is 1. The maximum Gasteiger partial charge on any atom is 0.264 e. The summed E-state index contributed by atoms with van der Waals surface area (Å²) in [7, 11) is -0.738. The van der Waals surface area contributed by atoms with Crippen molar-refractivity contribution in [2.45, 2.75) is 25.3 Å². The number of nitrogens with zero attached hydrogens (tertiary/aromatic N) is 2. The summed E-state index contributed by atoms with van der Waals surface area (Å²) in [5.41, 5.74) is 2.82. The van der Waals surface area contributed by atoms with Crippen molar-refractivity contribution in [3.8, 4) is 0 Å². The molecule has 3 aromatic rings. The van der Waals surface area contributed by atoms with Crippen LogP contribution in [0.2, 0.25) is 0 Å². The molecule has 0 aliphatic carbocycles. The van der Waals surface area contributed by atoms with E-state index in [1.54, 1.807) is 74.6 Å². The van der Waals surface area contributed by atoms with Gasteiger partial charge in [0.2, 0.25) is 0 Å². The first-order chi connectivity index (χ1) is 14.6. The molecule has 3 aromatic carbocycles. The molecular weight excluding hydrogens is 415 g/mol. The molecule has 0 aliphatic heterocycles. The molecule has 0 heterocycles. The summed E-state index contributed by atoms with van der Waals surface area (Å²) in [4.78, 5) is 14.5. The quantitative estimate of drug-likeness (QED) is 0.566. The molecule has 0 aromatic heterocycles. The first-order valence-electron chi connectivity index (χ1n) is 9.76. The second-order valence-electron chi connectivity index (χ2n) is 7.54. The number of hydrogen-bond donors (Lipinski definition) is 0. The Morgan fingerprint density at radius 3 is 2.23 bits per heavy atom. The second-order valence-corrected chi connectivity index (χ2v) is 9.51. The van der Waals surface area contributed by atoms with Gasteiger partial charge in [0.1, 0.15) is 5.82 Å². The number of hydrogen-bond acceptors (Lipinski definition) is 3. The summed E-state index contributed by atoms with van der Waals surface area (Å²) in [5, 5.41) is 0. The van der Waals surface area contributed by atoms with Crippen molar-refractivity contribution in [1.82, 2.24) is 4.90 Å². The zero-order valence-electron chi connectivity index (χ0n) is 18.0. The molecule has 5 nitrogen and oxygen atoms in total. The van der Waals surface area contributed by atoms with Crippen molar-refractivity contribution in [1.29, 1.82) is 0 Å². The number of sulfonamides is 1. The van der Waals surface area contributed by atoms with Gasteiger partial charge in [0.15, 0.2) is 0 Å². The van der Waals surface area contributed by atoms with E-state index in [9.17, 15) is 17.6 Å². The van der Waals surface area contributed by atoms with Crippen molar-refractivity contribution < 1.29 is 17.6 Å². The van der Waals surface area contributed by atoms with Crippen LogP contribution in [0.5, 0.6) is 0 Å². The van der Waals surface area contributed by atoms with Gasteiger partial charge in [-0.2, -0.15) is 0 Å². The Morgan fingerprint density at radius 1 is 0.935 bits per heavy atom. The third-order valence-corrected chi connectivity index (χ3v) is 6.97. The molecular formula is C24H25FN2O3S. The molecule has 0 bridgehead atoms. The highest BCUT2D eigenvalue weighted by molar-refractivity contribution is 7.92. The van der Waals surface area contributed by atoms with Gasteiger partial charge in [-0.15, -0.1) is 0 Å². The van der Waals surface area contributed by atoms with Gasteiger partial charge < -0.3 is 4.90 Å². The van der Waals surface area contributed by atoms with Crippen molar-refractivity contribution in [2.75, 3.05) is 18.4 Å². The number of carbonyl (C=O) groups excluding carboxylic acids is 1. The fourth-order valence-corrected chi connectivity index (χ4v) is 4.51. The van der Waals surface area contributed by atoms with Gasteiger partial charge in [0.05, 0.1) is 10.6 Å². The normalized spacial score (nSPS) is 11.3. The maximum atomic E-state index is 13.9. The third-order valence-electron chi connectivity index (χ3n) is 5.19. The Bertz CT molecular complexity index is 1210. The zero-order valence-corrected chi connectivity index (χ0v) is 18.8. The monoisotopic (exact) mass is 440 g/mol.